The van der Waals surface area contributed by atoms with E-state index in [0.717, 1.165) is 38.8 Å². The predicted molar refractivity (Wildman–Crippen MR) is 172 cm³/mol. The van der Waals surface area contributed by atoms with Crippen molar-refractivity contribution >= 4 is 67.3 Å². The third-order valence-electron chi connectivity index (χ3n) is 8.49. The van der Waals surface area contributed by atoms with Gasteiger partial charge in [-0.3, -0.25) is 0 Å². The maximum atomic E-state index is 13.3. The molecular weight excluding hydrogens is 744 g/mol. The topological polar surface area (TPSA) is 74.3 Å². The first-order chi connectivity index (χ1) is 20.0. The van der Waals surface area contributed by atoms with Gasteiger partial charge in [0.2, 0.25) is 5.95 Å². The maximum absolute atomic E-state index is 13.3. The fourth-order valence-corrected chi connectivity index (χ4v) is 7.11. The van der Waals surface area contributed by atoms with Gasteiger partial charge in [0.15, 0.2) is 12.4 Å². The fourth-order valence-electron chi connectivity index (χ4n) is 6.13. The number of alkyl halides is 3. The summed E-state index contributed by atoms with van der Waals surface area (Å²) in [6.45, 7) is 8.42. The van der Waals surface area contributed by atoms with Crippen molar-refractivity contribution in [3.05, 3.63) is 14.1 Å². The fraction of sp³-hybridized carbons (Fsp3) is 0.690. The van der Waals surface area contributed by atoms with Crippen molar-refractivity contribution in [3.63, 3.8) is 0 Å². The van der Waals surface area contributed by atoms with Gasteiger partial charge in [0.25, 0.3) is 0 Å². The van der Waals surface area contributed by atoms with Crippen LogP contribution in [0.15, 0.2) is 10.5 Å². The van der Waals surface area contributed by atoms with E-state index in [-0.39, 0.29) is 17.3 Å². The van der Waals surface area contributed by atoms with Gasteiger partial charge in [-0.1, -0.05) is 0 Å². The van der Waals surface area contributed by atoms with Crippen LogP contribution in [-0.2, 0) is 4.74 Å². The molecule has 3 aliphatic rings. The lowest BCUT2D eigenvalue weighted by molar-refractivity contribution is -0.153. The second-order valence-electron chi connectivity index (χ2n) is 13.2. The summed E-state index contributed by atoms with van der Waals surface area (Å²) in [5.74, 6) is 1.28. The van der Waals surface area contributed by atoms with Gasteiger partial charge in [-0.25, -0.2) is 9.78 Å². The zero-order valence-electron chi connectivity index (χ0n) is 25.2. The van der Waals surface area contributed by atoms with Crippen molar-refractivity contribution in [1.29, 1.82) is 0 Å². The molecule has 0 aliphatic carbocycles. The second-order valence-corrected chi connectivity index (χ2v) is 15.1. The smallest absolute Gasteiger partial charge is 0.422 e. The van der Waals surface area contributed by atoms with Crippen molar-refractivity contribution in [2.45, 2.75) is 64.3 Å². The third kappa shape index (κ3) is 7.37. The molecule has 0 N–H and O–H groups in total. The Morgan fingerprint density at radius 2 is 1.72 bits per heavy atom. The number of fused-ring (bicyclic) bond motifs is 1. The number of anilines is 2. The van der Waals surface area contributed by atoms with Crippen molar-refractivity contribution in [1.82, 2.24) is 19.8 Å². The molecule has 5 rings (SSSR count). The lowest BCUT2D eigenvalue weighted by atomic mass is 9.72. The Kier molecular flexibility index (Phi) is 9.23. The van der Waals surface area contributed by atoms with Crippen LogP contribution in [-0.4, -0.2) is 104 Å². The Labute approximate surface area is 272 Å². The number of nitrogens with zero attached hydrogens (tertiary/aromatic N) is 6. The van der Waals surface area contributed by atoms with Gasteiger partial charge in [-0.2, -0.15) is 18.2 Å². The van der Waals surface area contributed by atoms with E-state index in [1.165, 1.54) is 0 Å². The molecule has 1 spiro atoms. The molecule has 0 radical (unpaired) electrons. The number of piperidine rings is 2. The van der Waals surface area contributed by atoms with Crippen LogP contribution in [0.25, 0.3) is 10.9 Å². The van der Waals surface area contributed by atoms with Gasteiger partial charge in [-0.05, 0) is 105 Å². The van der Waals surface area contributed by atoms with E-state index in [4.69, 9.17) is 19.4 Å². The van der Waals surface area contributed by atoms with Crippen LogP contribution in [0, 0.1) is 8.99 Å². The Bertz CT molecular complexity index is 1350. The number of amides is 1. The van der Waals surface area contributed by atoms with Gasteiger partial charge in [0, 0.05) is 59.7 Å². The predicted octanol–water partition coefficient (Wildman–Crippen LogP) is 6.31. The Morgan fingerprint density at radius 1 is 1.09 bits per heavy atom. The van der Waals surface area contributed by atoms with Crippen LogP contribution in [0.2, 0.25) is 0 Å². The van der Waals surface area contributed by atoms with Gasteiger partial charge < -0.3 is 29.1 Å². The lowest BCUT2D eigenvalue weighted by Gasteiger charge is -2.53. The number of ether oxygens (including phenoxy) is 2. The highest BCUT2D eigenvalue weighted by Gasteiger charge is 2.48. The molecular formula is C29H39BrF3IN6O3. The zero-order chi connectivity index (χ0) is 31.3. The molecule has 0 bridgehead atoms. The minimum Gasteiger partial charge on any atom is -0.481 e. The summed E-state index contributed by atoms with van der Waals surface area (Å²) < 4.78 is 51.9. The Hall–Kier alpha value is -1.81. The molecule has 3 fully saturated rings. The van der Waals surface area contributed by atoms with Gasteiger partial charge in [-0.15, -0.1) is 0 Å². The molecule has 2 aromatic rings. The van der Waals surface area contributed by atoms with Crippen LogP contribution in [0.3, 0.4) is 0 Å². The molecule has 1 aromatic carbocycles. The summed E-state index contributed by atoms with van der Waals surface area (Å²) in [6.07, 6.45) is -1.15. The monoisotopic (exact) mass is 782 g/mol. The molecule has 14 heteroatoms. The number of aromatic nitrogens is 2. The van der Waals surface area contributed by atoms with Crippen LogP contribution in [0.5, 0.6) is 5.75 Å². The highest BCUT2D eigenvalue weighted by Crippen LogP contribution is 2.45. The summed E-state index contributed by atoms with van der Waals surface area (Å²) in [7, 11) is 4.15. The average Bonchev–Trinajstić information content (AvgIpc) is 2.90. The van der Waals surface area contributed by atoms with E-state index in [9.17, 15) is 18.0 Å². The first-order valence-electron chi connectivity index (χ1n) is 14.6. The molecule has 0 saturated carbocycles. The number of rotatable bonds is 5. The number of carbonyl (C=O) groups is 1. The molecule has 3 saturated heterocycles. The van der Waals surface area contributed by atoms with Gasteiger partial charge in [0.1, 0.15) is 16.9 Å². The van der Waals surface area contributed by atoms with Gasteiger partial charge in [0.05, 0.1) is 4.47 Å². The summed E-state index contributed by atoms with van der Waals surface area (Å²) >= 11 is 5.56. The van der Waals surface area contributed by atoms with E-state index in [0.29, 0.717) is 62.9 Å². The zero-order valence-corrected chi connectivity index (χ0v) is 29.0. The molecule has 0 atom stereocenters. The third-order valence-corrected chi connectivity index (χ3v) is 10.9. The summed E-state index contributed by atoms with van der Waals surface area (Å²) in [5.41, 5.74) is -0.136. The van der Waals surface area contributed by atoms with E-state index >= 15 is 0 Å². The largest absolute Gasteiger partial charge is 0.481 e. The molecule has 3 aliphatic heterocycles. The molecule has 1 aromatic heterocycles. The molecule has 0 unspecified atom stereocenters. The quantitative estimate of drug-likeness (QED) is 0.328. The van der Waals surface area contributed by atoms with Gasteiger partial charge >= 0.3 is 12.3 Å². The lowest BCUT2D eigenvalue weighted by Crippen LogP contribution is -2.62. The van der Waals surface area contributed by atoms with Crippen LogP contribution >= 0.6 is 38.5 Å². The number of carbonyl (C=O) groups excluding carboxylic acids is 1. The number of hydrogen-bond acceptors (Lipinski definition) is 8. The van der Waals surface area contributed by atoms with Crippen LogP contribution < -0.4 is 14.5 Å². The highest BCUT2D eigenvalue weighted by atomic mass is 127. The second kappa shape index (κ2) is 12.2. The molecule has 4 heterocycles. The summed E-state index contributed by atoms with van der Waals surface area (Å²) in [6, 6.07) is 2.37. The first kappa shape index (κ1) is 32.6. The van der Waals surface area contributed by atoms with E-state index < -0.39 is 18.4 Å². The normalized spacial score (nSPS) is 19.7. The molecule has 238 valence electrons. The van der Waals surface area contributed by atoms with Crippen molar-refractivity contribution < 1.29 is 27.4 Å². The highest BCUT2D eigenvalue weighted by molar-refractivity contribution is 14.1. The van der Waals surface area contributed by atoms with E-state index in [2.05, 4.69) is 67.3 Å². The molecule has 1 amide bonds. The average molecular weight is 783 g/mol. The molecule has 43 heavy (non-hydrogen) atoms. The van der Waals surface area contributed by atoms with Crippen molar-refractivity contribution in [2.75, 3.05) is 69.8 Å². The summed E-state index contributed by atoms with van der Waals surface area (Å²) in [4.78, 5) is 30.7. The number of likely N-dealkylation sites (tertiary alicyclic amines) is 1. The minimum atomic E-state index is -4.49. The SMILES string of the molecule is CN(C)C1CCN(c2nc(N3CCC4(CC3)CN(C(=O)OC(C)(C)C)C4)c3cc(I)c(Br)c(OCC(F)(F)F)c3n2)CC1. The van der Waals surface area contributed by atoms with Crippen LogP contribution in [0.4, 0.5) is 29.7 Å². The number of hydrogen-bond donors (Lipinski definition) is 0. The van der Waals surface area contributed by atoms with Crippen molar-refractivity contribution in [3.8, 4) is 5.75 Å². The summed E-state index contributed by atoms with van der Waals surface area (Å²) in [5, 5.41) is 0.664. The van der Waals surface area contributed by atoms with Crippen molar-refractivity contribution in [2.24, 2.45) is 5.41 Å². The molecule has 9 nitrogen and oxygen atoms in total. The first-order valence-corrected chi connectivity index (χ1v) is 16.4. The van der Waals surface area contributed by atoms with E-state index in [1.807, 2.05) is 26.8 Å². The standard InChI is InChI=1S/C29H39BrF3IN6O3/c1-27(2,3)43-26(41)40-15-28(16-40)8-12-38(13-9-28)24-19-14-20(34)21(30)23(42-17-29(31,32)33)22(19)35-25(36-24)39-10-6-18(7-11-39)37(4)5/h14,18H,6-13,15-17H2,1-5H3. The Morgan fingerprint density at radius 3 is 2.28 bits per heavy atom. The Balaban J connectivity index is 1.43. The maximum Gasteiger partial charge on any atom is 0.422 e. The number of halogens is 5. The minimum absolute atomic E-state index is 0.0333. The van der Waals surface area contributed by atoms with Crippen LogP contribution in [0.1, 0.15) is 46.5 Å². The number of benzene rings is 1. The van der Waals surface area contributed by atoms with E-state index in [1.54, 1.807) is 4.90 Å².